The Balaban J connectivity index is 0. The maximum absolute atomic E-state index is 9.98. The molecule has 0 amide bonds. The Bertz CT molecular complexity index is 181. The van der Waals surface area contributed by atoms with Crippen LogP contribution in [0, 0.1) is 0 Å². The molecule has 0 aromatic carbocycles. The minimum absolute atomic E-state index is 0. The van der Waals surface area contributed by atoms with Gasteiger partial charge < -0.3 is 36.7 Å². The van der Waals surface area contributed by atoms with E-state index < -0.39 is 6.10 Å². The molecule has 0 rings (SSSR count). The SMILES string of the molecule is C[N+](C)(CCO)CC(O)C[N+](C)(C)CCO.[Cl-]. The Labute approximate surface area is 111 Å². The van der Waals surface area contributed by atoms with Gasteiger partial charge >= 0.3 is 0 Å². The van der Waals surface area contributed by atoms with Crippen molar-refractivity contribution in [1.29, 1.82) is 0 Å². The van der Waals surface area contributed by atoms with Gasteiger partial charge in [-0.2, -0.15) is 0 Å². The van der Waals surface area contributed by atoms with Crippen LogP contribution in [0.1, 0.15) is 0 Å². The summed E-state index contributed by atoms with van der Waals surface area (Å²) >= 11 is 0. The fraction of sp³-hybridized carbons (Fsp3) is 1.00. The first-order valence-corrected chi connectivity index (χ1v) is 5.76. The van der Waals surface area contributed by atoms with Gasteiger partial charge in [0.25, 0.3) is 0 Å². The van der Waals surface area contributed by atoms with Crippen LogP contribution in [0.4, 0.5) is 0 Å². The van der Waals surface area contributed by atoms with E-state index in [1.54, 1.807) is 0 Å². The average molecular weight is 272 g/mol. The number of likely N-dealkylation sites (N-methyl/N-ethyl adjacent to an activating group) is 2. The zero-order valence-corrected chi connectivity index (χ0v) is 12.2. The van der Waals surface area contributed by atoms with Crippen molar-refractivity contribution in [3.63, 3.8) is 0 Å². The van der Waals surface area contributed by atoms with Gasteiger partial charge in [-0.1, -0.05) is 0 Å². The molecular weight excluding hydrogens is 244 g/mol. The highest BCUT2D eigenvalue weighted by Gasteiger charge is 2.26. The maximum atomic E-state index is 9.98. The molecule has 0 atom stereocenters. The van der Waals surface area contributed by atoms with Gasteiger partial charge in [-0.15, -0.1) is 0 Å². The van der Waals surface area contributed by atoms with Crippen LogP contribution in [0.3, 0.4) is 0 Å². The molecule has 0 heterocycles. The predicted molar refractivity (Wildman–Crippen MR) is 63.9 cm³/mol. The molecule has 0 aliphatic carbocycles. The van der Waals surface area contributed by atoms with Gasteiger partial charge in [-0.05, 0) is 0 Å². The number of rotatable bonds is 8. The van der Waals surface area contributed by atoms with E-state index in [-0.39, 0.29) is 25.6 Å². The van der Waals surface area contributed by atoms with Gasteiger partial charge in [0.05, 0.1) is 41.4 Å². The molecule has 17 heavy (non-hydrogen) atoms. The molecule has 106 valence electrons. The number of hydrogen-bond acceptors (Lipinski definition) is 3. The van der Waals surface area contributed by atoms with E-state index in [2.05, 4.69) is 0 Å². The average Bonchev–Trinajstić information content (AvgIpc) is 1.99. The van der Waals surface area contributed by atoms with E-state index in [0.29, 0.717) is 35.1 Å². The van der Waals surface area contributed by atoms with Crippen molar-refractivity contribution in [3.05, 3.63) is 0 Å². The topological polar surface area (TPSA) is 60.7 Å². The van der Waals surface area contributed by atoms with Crippen molar-refractivity contribution in [1.82, 2.24) is 0 Å². The van der Waals surface area contributed by atoms with E-state index in [1.807, 2.05) is 28.2 Å². The Morgan fingerprint density at radius 2 is 1.12 bits per heavy atom. The van der Waals surface area contributed by atoms with Crippen molar-refractivity contribution in [3.8, 4) is 0 Å². The molecule has 0 aromatic heterocycles. The van der Waals surface area contributed by atoms with E-state index in [4.69, 9.17) is 10.2 Å². The molecule has 0 saturated heterocycles. The smallest absolute Gasteiger partial charge is 0.152 e. The minimum atomic E-state index is -0.414. The van der Waals surface area contributed by atoms with E-state index in [1.165, 1.54) is 0 Å². The Morgan fingerprint density at radius 1 is 0.824 bits per heavy atom. The van der Waals surface area contributed by atoms with Crippen molar-refractivity contribution in [2.24, 2.45) is 0 Å². The summed E-state index contributed by atoms with van der Waals surface area (Å²) in [4.78, 5) is 0. The molecule has 0 spiro atoms. The second-order valence-corrected chi connectivity index (χ2v) is 5.78. The quantitative estimate of drug-likeness (QED) is 0.390. The fourth-order valence-electron chi connectivity index (χ4n) is 1.92. The summed E-state index contributed by atoms with van der Waals surface area (Å²) in [5.74, 6) is 0. The van der Waals surface area contributed by atoms with Gasteiger partial charge in [-0.3, -0.25) is 0 Å². The molecule has 0 unspecified atom stereocenters. The second kappa shape index (κ2) is 8.24. The minimum Gasteiger partial charge on any atom is -1.00 e. The fourth-order valence-corrected chi connectivity index (χ4v) is 1.92. The molecule has 0 aromatic rings. The molecule has 5 nitrogen and oxygen atoms in total. The number of quaternary nitrogens is 2. The van der Waals surface area contributed by atoms with Crippen LogP contribution in [-0.4, -0.2) is 98.0 Å². The Morgan fingerprint density at radius 3 is 1.35 bits per heavy atom. The third kappa shape index (κ3) is 9.76. The molecule has 6 heteroatoms. The van der Waals surface area contributed by atoms with Crippen molar-refractivity contribution in [2.75, 3.05) is 67.6 Å². The standard InChI is InChI=1S/C11H28N2O3.ClH/c1-12(2,5-7-14)9-11(16)10-13(3,4)6-8-15;/h11,14-16H,5-10H2,1-4H3;1H/q+2;/p-1. The lowest BCUT2D eigenvalue weighted by Crippen LogP contribution is -3.00. The van der Waals surface area contributed by atoms with Crippen LogP contribution in [0.2, 0.25) is 0 Å². The normalized spacial score (nSPS) is 12.7. The number of nitrogens with zero attached hydrogens (tertiary/aromatic N) is 2. The van der Waals surface area contributed by atoms with Crippen LogP contribution < -0.4 is 12.4 Å². The summed E-state index contributed by atoms with van der Waals surface area (Å²) < 4.78 is 1.22. The zero-order valence-electron chi connectivity index (χ0n) is 11.4. The van der Waals surface area contributed by atoms with Gasteiger partial charge in [0.1, 0.15) is 26.2 Å². The second-order valence-electron chi connectivity index (χ2n) is 5.78. The van der Waals surface area contributed by atoms with Crippen molar-refractivity contribution < 1.29 is 36.7 Å². The van der Waals surface area contributed by atoms with Crippen LogP contribution in [-0.2, 0) is 0 Å². The molecule has 0 bridgehead atoms. The molecule has 0 saturated carbocycles. The van der Waals surface area contributed by atoms with Crippen molar-refractivity contribution in [2.45, 2.75) is 6.10 Å². The Hall–Kier alpha value is 0.0900. The summed E-state index contributed by atoms with van der Waals surface area (Å²) in [5, 5.41) is 27.8. The summed E-state index contributed by atoms with van der Waals surface area (Å²) in [5.41, 5.74) is 0. The maximum Gasteiger partial charge on any atom is 0.152 e. The lowest BCUT2D eigenvalue weighted by atomic mass is 10.2. The molecular formula is C11H28ClN2O3+. The van der Waals surface area contributed by atoms with Crippen LogP contribution in [0.5, 0.6) is 0 Å². The third-order valence-electron chi connectivity index (χ3n) is 2.82. The summed E-state index contributed by atoms with van der Waals surface area (Å²) in [6, 6.07) is 0. The molecule has 0 aliphatic rings. The van der Waals surface area contributed by atoms with Crippen molar-refractivity contribution >= 4 is 0 Å². The first kappa shape index (κ1) is 19.4. The summed E-state index contributed by atoms with van der Waals surface area (Å²) in [6.45, 7) is 2.79. The van der Waals surface area contributed by atoms with Gasteiger partial charge in [-0.25, -0.2) is 0 Å². The number of aliphatic hydroxyl groups is 3. The van der Waals surface area contributed by atoms with E-state index >= 15 is 0 Å². The first-order valence-electron chi connectivity index (χ1n) is 5.76. The highest BCUT2D eigenvalue weighted by molar-refractivity contribution is 4.53. The molecule has 0 radical (unpaired) electrons. The van der Waals surface area contributed by atoms with Crippen LogP contribution >= 0.6 is 0 Å². The van der Waals surface area contributed by atoms with E-state index in [0.717, 1.165) is 0 Å². The number of aliphatic hydroxyl groups excluding tert-OH is 3. The molecule has 3 N–H and O–H groups in total. The van der Waals surface area contributed by atoms with Crippen LogP contribution in [0.15, 0.2) is 0 Å². The van der Waals surface area contributed by atoms with E-state index in [9.17, 15) is 5.11 Å². The zero-order chi connectivity index (χ0) is 12.8. The highest BCUT2D eigenvalue weighted by atomic mass is 35.5. The Kier molecular flexibility index (Phi) is 9.41. The largest absolute Gasteiger partial charge is 1.00 e. The first-order chi connectivity index (χ1) is 7.22. The lowest BCUT2D eigenvalue weighted by molar-refractivity contribution is -0.914. The third-order valence-corrected chi connectivity index (χ3v) is 2.82. The van der Waals surface area contributed by atoms with Gasteiger partial charge in [0, 0.05) is 0 Å². The van der Waals surface area contributed by atoms with Crippen LogP contribution in [0.25, 0.3) is 0 Å². The lowest BCUT2D eigenvalue weighted by Gasteiger charge is -2.35. The predicted octanol–water partition coefficient (Wildman–Crippen LogP) is -4.51. The highest BCUT2D eigenvalue weighted by Crippen LogP contribution is 2.04. The van der Waals surface area contributed by atoms with Gasteiger partial charge in [0.2, 0.25) is 0 Å². The molecule has 0 fully saturated rings. The summed E-state index contributed by atoms with van der Waals surface area (Å²) in [7, 11) is 7.97. The summed E-state index contributed by atoms with van der Waals surface area (Å²) in [6.07, 6.45) is -0.414. The number of hydrogen-bond donors (Lipinski definition) is 3. The monoisotopic (exact) mass is 271 g/mol. The molecule has 0 aliphatic heterocycles. The number of halogens is 1. The van der Waals surface area contributed by atoms with Gasteiger partial charge in [0.15, 0.2) is 6.10 Å².